The van der Waals surface area contributed by atoms with Crippen LogP contribution in [0, 0.1) is 6.92 Å². The monoisotopic (exact) mass is 374 g/mol. The number of hydrogen-bond donors (Lipinski definition) is 2. The summed E-state index contributed by atoms with van der Waals surface area (Å²) in [7, 11) is -3.78. The number of nitrogens with two attached hydrogens (primary N) is 1. The lowest BCUT2D eigenvalue weighted by Gasteiger charge is -2.11. The second kappa shape index (κ2) is 5.63. The van der Waals surface area contributed by atoms with Crippen LogP contribution in [0.15, 0.2) is 45.8 Å². The van der Waals surface area contributed by atoms with Crippen molar-refractivity contribution >= 4 is 48.9 Å². The van der Waals surface area contributed by atoms with Crippen molar-refractivity contribution in [3.63, 3.8) is 0 Å². The van der Waals surface area contributed by atoms with Gasteiger partial charge in [-0.05, 0) is 48.9 Å². The Hall–Kier alpha value is -1.24. The van der Waals surface area contributed by atoms with Gasteiger partial charge in [0.1, 0.15) is 4.90 Å². The van der Waals surface area contributed by atoms with E-state index in [0.717, 1.165) is 10.0 Å². The van der Waals surface area contributed by atoms with E-state index in [9.17, 15) is 8.42 Å². The highest BCUT2D eigenvalue weighted by Crippen LogP contribution is 2.26. The van der Waals surface area contributed by atoms with Crippen molar-refractivity contribution in [1.29, 1.82) is 0 Å². The maximum Gasteiger partial charge on any atom is 0.263 e. The first-order chi connectivity index (χ1) is 9.28. The number of anilines is 2. The van der Waals surface area contributed by atoms with Gasteiger partial charge in [0.15, 0.2) is 0 Å². The number of hydrogen-bond acceptors (Lipinski definition) is 3. The Morgan fingerprint density at radius 2 is 1.90 bits per heavy atom. The molecule has 2 aromatic carbocycles. The van der Waals surface area contributed by atoms with Gasteiger partial charge >= 0.3 is 0 Å². The SMILES string of the molecule is Cc1cc(Br)cc(NS(=O)(=O)c2cc(Cl)ccc2N)c1. The van der Waals surface area contributed by atoms with Crippen molar-refractivity contribution in [2.24, 2.45) is 0 Å². The molecule has 0 aromatic heterocycles. The van der Waals surface area contributed by atoms with Crippen LogP contribution in [0.1, 0.15) is 5.56 Å². The van der Waals surface area contributed by atoms with Crippen LogP contribution < -0.4 is 10.5 Å². The Kier molecular flexibility index (Phi) is 4.27. The summed E-state index contributed by atoms with van der Waals surface area (Å²) < 4.78 is 27.9. The Balaban J connectivity index is 2.43. The van der Waals surface area contributed by atoms with Gasteiger partial charge in [-0.15, -0.1) is 0 Å². The van der Waals surface area contributed by atoms with Gasteiger partial charge in [0.2, 0.25) is 0 Å². The summed E-state index contributed by atoms with van der Waals surface area (Å²) in [6.07, 6.45) is 0. The molecule has 0 saturated heterocycles. The molecule has 0 aliphatic carbocycles. The average Bonchev–Trinajstić information content (AvgIpc) is 2.30. The predicted octanol–water partition coefficient (Wildman–Crippen LogP) is 3.79. The standard InChI is InChI=1S/C13H12BrClN2O2S/c1-8-4-9(14)6-11(5-8)17-20(18,19)13-7-10(15)2-3-12(13)16/h2-7,17H,16H2,1H3. The van der Waals surface area contributed by atoms with Gasteiger partial charge in [-0.3, -0.25) is 4.72 Å². The first-order valence-corrected chi connectivity index (χ1v) is 8.28. The molecule has 2 rings (SSSR count). The molecule has 0 unspecified atom stereocenters. The van der Waals surface area contributed by atoms with E-state index in [1.807, 2.05) is 13.0 Å². The molecule has 0 radical (unpaired) electrons. The molecule has 0 heterocycles. The second-order valence-corrected chi connectivity index (χ2v) is 7.31. The van der Waals surface area contributed by atoms with Gasteiger partial charge in [0.25, 0.3) is 10.0 Å². The highest BCUT2D eigenvalue weighted by Gasteiger charge is 2.18. The molecular formula is C13H12BrClN2O2S. The van der Waals surface area contributed by atoms with E-state index in [1.165, 1.54) is 12.1 Å². The van der Waals surface area contributed by atoms with Crippen LogP contribution in [0.5, 0.6) is 0 Å². The fraction of sp³-hybridized carbons (Fsp3) is 0.0769. The van der Waals surface area contributed by atoms with E-state index in [4.69, 9.17) is 17.3 Å². The van der Waals surface area contributed by atoms with Gasteiger partial charge in [-0.2, -0.15) is 0 Å². The summed E-state index contributed by atoms with van der Waals surface area (Å²) in [5.74, 6) is 0. The molecule has 0 saturated carbocycles. The Bertz CT molecular complexity index is 743. The lowest BCUT2D eigenvalue weighted by molar-refractivity contribution is 0.601. The maximum absolute atomic E-state index is 12.3. The molecule has 0 aliphatic heterocycles. The highest BCUT2D eigenvalue weighted by atomic mass is 79.9. The fourth-order valence-corrected chi connectivity index (χ4v) is 3.79. The van der Waals surface area contributed by atoms with Crippen molar-refractivity contribution in [2.45, 2.75) is 11.8 Å². The van der Waals surface area contributed by atoms with E-state index in [2.05, 4.69) is 20.7 Å². The van der Waals surface area contributed by atoms with Crippen LogP contribution in [-0.2, 0) is 10.0 Å². The van der Waals surface area contributed by atoms with Gasteiger partial charge in [-0.1, -0.05) is 27.5 Å². The first-order valence-electron chi connectivity index (χ1n) is 5.63. The van der Waals surface area contributed by atoms with Crippen molar-refractivity contribution in [2.75, 3.05) is 10.5 Å². The Labute approximate surface area is 131 Å². The van der Waals surface area contributed by atoms with E-state index >= 15 is 0 Å². The lowest BCUT2D eigenvalue weighted by Crippen LogP contribution is -2.15. The molecule has 3 N–H and O–H groups in total. The van der Waals surface area contributed by atoms with Gasteiger partial charge < -0.3 is 5.73 Å². The van der Waals surface area contributed by atoms with Gasteiger partial charge in [-0.25, -0.2) is 8.42 Å². The molecule has 7 heteroatoms. The number of nitrogen functional groups attached to an aromatic ring is 1. The van der Waals surface area contributed by atoms with Crippen molar-refractivity contribution in [3.05, 3.63) is 51.5 Å². The van der Waals surface area contributed by atoms with Crippen LogP contribution in [0.2, 0.25) is 5.02 Å². The molecule has 0 aliphatic rings. The zero-order valence-corrected chi connectivity index (χ0v) is 13.7. The smallest absolute Gasteiger partial charge is 0.263 e. The molecule has 0 fully saturated rings. The zero-order chi connectivity index (χ0) is 14.9. The summed E-state index contributed by atoms with van der Waals surface area (Å²) in [6.45, 7) is 1.87. The van der Waals surface area contributed by atoms with Crippen molar-refractivity contribution in [1.82, 2.24) is 0 Å². The number of sulfonamides is 1. The summed E-state index contributed by atoms with van der Waals surface area (Å²) in [4.78, 5) is -0.0392. The number of rotatable bonds is 3. The molecule has 0 atom stereocenters. The van der Waals surface area contributed by atoms with Crippen LogP contribution in [0.3, 0.4) is 0 Å². The summed E-state index contributed by atoms with van der Waals surface area (Å²) in [6, 6.07) is 9.60. The highest BCUT2D eigenvalue weighted by molar-refractivity contribution is 9.10. The third kappa shape index (κ3) is 3.45. The largest absolute Gasteiger partial charge is 0.398 e. The van der Waals surface area contributed by atoms with Crippen molar-refractivity contribution < 1.29 is 8.42 Å². The quantitative estimate of drug-likeness (QED) is 0.802. The fourth-order valence-electron chi connectivity index (χ4n) is 1.75. The molecule has 2 aromatic rings. The topological polar surface area (TPSA) is 72.2 Å². The first kappa shape index (κ1) is 15.2. The van der Waals surface area contributed by atoms with E-state index in [-0.39, 0.29) is 10.6 Å². The summed E-state index contributed by atoms with van der Waals surface area (Å²) in [5, 5.41) is 0.310. The van der Waals surface area contributed by atoms with Gasteiger partial charge in [0, 0.05) is 9.50 Å². The molecule has 20 heavy (non-hydrogen) atoms. The number of benzene rings is 2. The third-order valence-corrected chi connectivity index (χ3v) is 4.69. The summed E-state index contributed by atoms with van der Waals surface area (Å²) >= 11 is 9.14. The summed E-state index contributed by atoms with van der Waals surface area (Å²) in [5.41, 5.74) is 7.23. The zero-order valence-electron chi connectivity index (χ0n) is 10.5. The Morgan fingerprint density at radius 3 is 2.55 bits per heavy atom. The van der Waals surface area contributed by atoms with Gasteiger partial charge in [0.05, 0.1) is 11.4 Å². The normalized spacial score (nSPS) is 11.3. The lowest BCUT2D eigenvalue weighted by atomic mass is 10.2. The minimum atomic E-state index is -3.78. The molecule has 0 bridgehead atoms. The molecule has 4 nitrogen and oxygen atoms in total. The van der Waals surface area contributed by atoms with Crippen LogP contribution in [0.4, 0.5) is 11.4 Å². The van der Waals surface area contributed by atoms with Crippen LogP contribution in [0.25, 0.3) is 0 Å². The Morgan fingerprint density at radius 1 is 1.20 bits per heavy atom. The van der Waals surface area contributed by atoms with Crippen LogP contribution in [-0.4, -0.2) is 8.42 Å². The predicted molar refractivity (Wildman–Crippen MR) is 85.6 cm³/mol. The van der Waals surface area contributed by atoms with E-state index < -0.39 is 10.0 Å². The van der Waals surface area contributed by atoms with E-state index in [1.54, 1.807) is 18.2 Å². The maximum atomic E-state index is 12.3. The average molecular weight is 376 g/mol. The number of aryl methyl sites for hydroxylation is 1. The minimum absolute atomic E-state index is 0.0392. The molecule has 0 spiro atoms. The van der Waals surface area contributed by atoms with Crippen LogP contribution >= 0.6 is 27.5 Å². The van der Waals surface area contributed by atoms with Crippen molar-refractivity contribution in [3.8, 4) is 0 Å². The molecular weight excluding hydrogens is 364 g/mol. The second-order valence-electron chi connectivity index (χ2n) is 4.30. The third-order valence-electron chi connectivity index (χ3n) is 2.56. The van der Waals surface area contributed by atoms with E-state index in [0.29, 0.717) is 10.7 Å². The molecule has 106 valence electrons. The number of nitrogens with one attached hydrogen (secondary N) is 1. The molecule has 0 amide bonds. The number of halogens is 2. The minimum Gasteiger partial charge on any atom is -0.398 e.